The highest BCUT2D eigenvalue weighted by Gasteiger charge is 2.32. The number of hydrogen-bond acceptors (Lipinski definition) is 5. The average Bonchev–Trinajstić information content (AvgIpc) is 2.93. The minimum Gasteiger partial charge on any atom is -0.353 e. The largest absolute Gasteiger partial charge is 0.353 e. The van der Waals surface area contributed by atoms with E-state index in [1.807, 2.05) is 71.3 Å². The Hall–Kier alpha value is -3.74. The van der Waals surface area contributed by atoms with E-state index in [-0.39, 0.29) is 17.7 Å². The Morgan fingerprint density at radius 2 is 1.49 bits per heavy atom. The number of amides is 2. The van der Waals surface area contributed by atoms with E-state index < -0.39 is 0 Å². The predicted molar refractivity (Wildman–Crippen MR) is 136 cm³/mol. The van der Waals surface area contributed by atoms with Crippen molar-refractivity contribution in [3.63, 3.8) is 0 Å². The normalized spacial score (nSPS) is 16.9. The first kappa shape index (κ1) is 23.0. The van der Waals surface area contributed by atoms with Crippen molar-refractivity contribution in [2.24, 2.45) is 5.92 Å². The summed E-state index contributed by atoms with van der Waals surface area (Å²) >= 11 is 0. The minimum atomic E-state index is -0.0230. The van der Waals surface area contributed by atoms with Crippen LogP contribution in [0.5, 0.6) is 0 Å². The molecule has 180 valence electrons. The van der Waals surface area contributed by atoms with Crippen LogP contribution in [0.25, 0.3) is 11.3 Å². The van der Waals surface area contributed by atoms with Gasteiger partial charge < -0.3 is 14.7 Å². The molecule has 0 unspecified atom stereocenters. The third kappa shape index (κ3) is 4.90. The van der Waals surface area contributed by atoms with Crippen molar-refractivity contribution >= 4 is 17.6 Å². The molecule has 0 N–H and O–H groups in total. The Bertz CT molecular complexity index is 1180. The van der Waals surface area contributed by atoms with Gasteiger partial charge in [0.1, 0.15) is 5.82 Å². The van der Waals surface area contributed by atoms with Gasteiger partial charge in [-0.05, 0) is 49.6 Å². The molecule has 0 aliphatic carbocycles. The number of rotatable bonds is 4. The molecule has 0 atom stereocenters. The highest BCUT2D eigenvalue weighted by Crippen LogP contribution is 2.28. The molecule has 0 radical (unpaired) electrons. The molecule has 2 aliphatic rings. The fraction of sp³-hybridized carbons (Fsp3) is 0.357. The summed E-state index contributed by atoms with van der Waals surface area (Å²) < 4.78 is 0. The van der Waals surface area contributed by atoms with Crippen molar-refractivity contribution in [1.82, 2.24) is 19.8 Å². The lowest BCUT2D eigenvalue weighted by Gasteiger charge is -2.39. The topological polar surface area (TPSA) is 69.6 Å². The number of carbonyl (C=O) groups excluding carboxylic acids is 2. The first-order valence-corrected chi connectivity index (χ1v) is 12.4. The van der Waals surface area contributed by atoms with Crippen molar-refractivity contribution in [3.05, 3.63) is 78.1 Å². The van der Waals surface area contributed by atoms with Crippen LogP contribution in [-0.4, -0.2) is 70.9 Å². The zero-order valence-electron chi connectivity index (χ0n) is 20.1. The molecule has 2 aliphatic heterocycles. The Kier molecular flexibility index (Phi) is 6.75. The molecule has 2 saturated heterocycles. The highest BCUT2D eigenvalue weighted by atomic mass is 16.2. The molecular weight excluding hydrogens is 438 g/mol. The van der Waals surface area contributed by atoms with Crippen LogP contribution in [0.15, 0.2) is 67.0 Å². The summed E-state index contributed by atoms with van der Waals surface area (Å²) in [6.07, 6.45) is 4.93. The number of hydrogen-bond donors (Lipinski definition) is 0. The number of anilines is 1. The van der Waals surface area contributed by atoms with Gasteiger partial charge >= 0.3 is 0 Å². The number of carbonyl (C=O) groups is 2. The summed E-state index contributed by atoms with van der Waals surface area (Å²) in [6.45, 7) is 6.22. The fourth-order valence-electron chi connectivity index (χ4n) is 5.09. The molecule has 2 aromatic heterocycles. The van der Waals surface area contributed by atoms with Gasteiger partial charge in [0.05, 0.1) is 11.3 Å². The first-order chi connectivity index (χ1) is 17.1. The smallest absolute Gasteiger partial charge is 0.256 e. The van der Waals surface area contributed by atoms with E-state index in [0.29, 0.717) is 44.6 Å². The van der Waals surface area contributed by atoms with Gasteiger partial charge in [0.25, 0.3) is 5.91 Å². The lowest BCUT2D eigenvalue weighted by molar-refractivity contribution is -0.137. The molecular formula is C28H31N5O2. The van der Waals surface area contributed by atoms with Crippen LogP contribution >= 0.6 is 0 Å². The third-order valence-corrected chi connectivity index (χ3v) is 7.13. The lowest BCUT2D eigenvalue weighted by Crippen LogP contribution is -2.52. The van der Waals surface area contributed by atoms with E-state index in [1.165, 1.54) is 0 Å². The van der Waals surface area contributed by atoms with Crippen LogP contribution < -0.4 is 4.90 Å². The second kappa shape index (κ2) is 10.3. The zero-order valence-corrected chi connectivity index (χ0v) is 20.1. The Morgan fingerprint density at radius 1 is 0.771 bits per heavy atom. The van der Waals surface area contributed by atoms with Crippen molar-refractivity contribution in [1.29, 1.82) is 0 Å². The van der Waals surface area contributed by atoms with Crippen LogP contribution in [0.1, 0.15) is 28.8 Å². The number of aromatic nitrogens is 2. The number of aryl methyl sites for hydroxylation is 1. The fourth-order valence-corrected chi connectivity index (χ4v) is 5.09. The second-order valence-electron chi connectivity index (χ2n) is 9.28. The quantitative estimate of drug-likeness (QED) is 0.583. The summed E-state index contributed by atoms with van der Waals surface area (Å²) in [5.74, 6) is 1.16. The third-order valence-electron chi connectivity index (χ3n) is 7.13. The van der Waals surface area contributed by atoms with Gasteiger partial charge in [0.15, 0.2) is 0 Å². The van der Waals surface area contributed by atoms with Gasteiger partial charge in [-0.3, -0.25) is 14.6 Å². The monoisotopic (exact) mass is 469 g/mol. The Morgan fingerprint density at radius 3 is 2.20 bits per heavy atom. The molecule has 35 heavy (non-hydrogen) atoms. The van der Waals surface area contributed by atoms with Crippen LogP contribution in [0, 0.1) is 12.8 Å². The average molecular weight is 470 g/mol. The van der Waals surface area contributed by atoms with Crippen molar-refractivity contribution < 1.29 is 9.59 Å². The number of pyridine rings is 2. The Labute approximate surface area is 206 Å². The van der Waals surface area contributed by atoms with E-state index in [2.05, 4.69) is 14.9 Å². The molecule has 7 nitrogen and oxygen atoms in total. The van der Waals surface area contributed by atoms with Crippen LogP contribution in [-0.2, 0) is 4.79 Å². The SMILES string of the molecule is Cc1ccccc1-c1ncccc1C(=O)N1CCC(C(=O)N2CCN(c3ccccn3)CC2)CC1. The summed E-state index contributed by atoms with van der Waals surface area (Å²) in [5, 5.41) is 0. The second-order valence-corrected chi connectivity index (χ2v) is 9.28. The molecule has 3 aromatic rings. The van der Waals surface area contributed by atoms with E-state index >= 15 is 0 Å². The lowest BCUT2D eigenvalue weighted by atomic mass is 9.94. The standard InChI is InChI=1S/C28H31N5O2/c1-21-7-2-3-8-23(21)26-24(9-6-14-30-26)28(35)32-15-11-22(12-16-32)27(34)33-19-17-31(18-20-33)25-10-4-5-13-29-25/h2-10,13-14,22H,11-12,15-20H2,1H3. The van der Waals surface area contributed by atoms with Gasteiger partial charge in [-0.15, -0.1) is 0 Å². The number of likely N-dealkylation sites (tertiary alicyclic amines) is 1. The minimum absolute atomic E-state index is 0.00812. The van der Waals surface area contributed by atoms with Crippen LogP contribution in [0.4, 0.5) is 5.82 Å². The maximum atomic E-state index is 13.4. The number of piperidine rings is 1. The Balaban J connectivity index is 1.19. The van der Waals surface area contributed by atoms with Crippen LogP contribution in [0.3, 0.4) is 0 Å². The zero-order chi connectivity index (χ0) is 24.2. The first-order valence-electron chi connectivity index (χ1n) is 12.4. The number of piperazine rings is 1. The number of benzene rings is 1. The van der Waals surface area contributed by atoms with E-state index in [1.54, 1.807) is 12.4 Å². The molecule has 0 spiro atoms. The molecule has 2 amide bonds. The maximum absolute atomic E-state index is 13.4. The number of nitrogens with zero attached hydrogens (tertiary/aromatic N) is 5. The van der Waals surface area contributed by atoms with E-state index in [4.69, 9.17) is 0 Å². The van der Waals surface area contributed by atoms with Gasteiger partial charge in [-0.25, -0.2) is 4.98 Å². The van der Waals surface area contributed by atoms with E-state index in [0.717, 1.165) is 35.7 Å². The molecule has 4 heterocycles. The highest BCUT2D eigenvalue weighted by molar-refractivity contribution is 6.00. The van der Waals surface area contributed by atoms with Crippen LogP contribution in [0.2, 0.25) is 0 Å². The van der Waals surface area contributed by atoms with Gasteiger partial charge in [-0.1, -0.05) is 30.3 Å². The van der Waals surface area contributed by atoms with Crippen molar-refractivity contribution in [2.45, 2.75) is 19.8 Å². The molecule has 5 rings (SSSR count). The van der Waals surface area contributed by atoms with E-state index in [9.17, 15) is 9.59 Å². The molecule has 7 heteroatoms. The molecule has 0 saturated carbocycles. The summed E-state index contributed by atoms with van der Waals surface area (Å²) in [7, 11) is 0. The van der Waals surface area contributed by atoms with Crippen molar-refractivity contribution in [3.8, 4) is 11.3 Å². The maximum Gasteiger partial charge on any atom is 0.256 e. The predicted octanol–water partition coefficient (Wildman–Crippen LogP) is 3.65. The molecule has 1 aromatic carbocycles. The summed E-state index contributed by atoms with van der Waals surface area (Å²) in [4.78, 5) is 41.7. The molecule has 2 fully saturated rings. The van der Waals surface area contributed by atoms with Gasteiger partial charge in [0.2, 0.25) is 5.91 Å². The summed E-state index contributed by atoms with van der Waals surface area (Å²) in [6, 6.07) is 17.6. The summed E-state index contributed by atoms with van der Waals surface area (Å²) in [5.41, 5.74) is 3.41. The van der Waals surface area contributed by atoms with Crippen molar-refractivity contribution in [2.75, 3.05) is 44.2 Å². The van der Waals surface area contributed by atoms with Gasteiger partial charge in [-0.2, -0.15) is 0 Å². The van der Waals surface area contributed by atoms with Gasteiger partial charge in [0, 0.05) is 63.1 Å². The molecule has 0 bridgehead atoms.